The molecule has 19 heavy (non-hydrogen) atoms. The Morgan fingerprint density at radius 2 is 2.00 bits per heavy atom. The first-order valence-electron chi connectivity index (χ1n) is 7.86. The largest absolute Gasteiger partial charge is 0.315 e. The van der Waals surface area contributed by atoms with Gasteiger partial charge in [-0.1, -0.05) is 44.5 Å². The normalized spacial score (nSPS) is 17.8. The van der Waals surface area contributed by atoms with E-state index in [9.17, 15) is 0 Å². The van der Waals surface area contributed by atoms with Gasteiger partial charge in [0.2, 0.25) is 0 Å². The van der Waals surface area contributed by atoms with Crippen molar-refractivity contribution in [2.45, 2.75) is 52.1 Å². The van der Waals surface area contributed by atoms with Gasteiger partial charge >= 0.3 is 0 Å². The molecule has 1 heterocycles. The van der Waals surface area contributed by atoms with Crippen molar-refractivity contribution in [3.8, 4) is 0 Å². The fraction of sp³-hybridized carbons (Fsp3) is 0.647. The van der Waals surface area contributed by atoms with E-state index in [4.69, 9.17) is 0 Å². The highest BCUT2D eigenvalue weighted by Gasteiger charge is 2.20. The SMILES string of the molecule is CCCC(CNCC)N1CCCc2ccccc2C1. The molecule has 2 nitrogen and oxygen atoms in total. The Morgan fingerprint density at radius 1 is 1.21 bits per heavy atom. The number of benzene rings is 1. The van der Waals surface area contributed by atoms with E-state index >= 15 is 0 Å². The highest BCUT2D eigenvalue weighted by atomic mass is 15.2. The minimum Gasteiger partial charge on any atom is -0.315 e. The number of likely N-dealkylation sites (N-methyl/N-ethyl adjacent to an activating group) is 1. The van der Waals surface area contributed by atoms with Crippen LogP contribution in [-0.2, 0) is 13.0 Å². The zero-order chi connectivity index (χ0) is 13.5. The molecule has 1 aliphatic heterocycles. The summed E-state index contributed by atoms with van der Waals surface area (Å²) in [6.45, 7) is 9.07. The summed E-state index contributed by atoms with van der Waals surface area (Å²) in [5.41, 5.74) is 3.10. The first kappa shape index (κ1) is 14.5. The van der Waals surface area contributed by atoms with E-state index in [-0.39, 0.29) is 0 Å². The highest BCUT2D eigenvalue weighted by Crippen LogP contribution is 2.21. The molecule has 0 aromatic heterocycles. The first-order chi connectivity index (χ1) is 9.35. The number of rotatable bonds is 6. The Balaban J connectivity index is 2.06. The number of hydrogen-bond acceptors (Lipinski definition) is 2. The van der Waals surface area contributed by atoms with Crippen molar-refractivity contribution in [2.24, 2.45) is 0 Å². The van der Waals surface area contributed by atoms with Crippen LogP contribution in [0.2, 0.25) is 0 Å². The van der Waals surface area contributed by atoms with Crippen molar-refractivity contribution in [3.05, 3.63) is 35.4 Å². The lowest BCUT2D eigenvalue weighted by Gasteiger charge is -2.31. The second kappa shape index (κ2) is 7.66. The second-order valence-corrected chi connectivity index (χ2v) is 5.59. The minimum atomic E-state index is 0.691. The molecule has 0 saturated heterocycles. The van der Waals surface area contributed by atoms with Crippen LogP contribution >= 0.6 is 0 Å². The molecule has 1 aromatic carbocycles. The summed E-state index contributed by atoms with van der Waals surface area (Å²) >= 11 is 0. The van der Waals surface area contributed by atoms with Gasteiger partial charge in [-0.15, -0.1) is 0 Å². The Kier molecular flexibility index (Phi) is 5.87. The minimum absolute atomic E-state index is 0.691. The average Bonchev–Trinajstić information content (AvgIpc) is 2.65. The van der Waals surface area contributed by atoms with Crippen LogP contribution in [0.1, 0.15) is 44.2 Å². The van der Waals surface area contributed by atoms with Crippen molar-refractivity contribution in [1.29, 1.82) is 0 Å². The van der Waals surface area contributed by atoms with Gasteiger partial charge in [0.15, 0.2) is 0 Å². The first-order valence-corrected chi connectivity index (χ1v) is 7.86. The molecule has 2 heteroatoms. The molecule has 1 unspecified atom stereocenters. The lowest BCUT2D eigenvalue weighted by molar-refractivity contribution is 0.176. The fourth-order valence-corrected chi connectivity index (χ4v) is 3.10. The maximum absolute atomic E-state index is 3.53. The van der Waals surface area contributed by atoms with Gasteiger partial charge in [-0.05, 0) is 43.5 Å². The highest BCUT2D eigenvalue weighted by molar-refractivity contribution is 5.28. The van der Waals surface area contributed by atoms with Gasteiger partial charge in [0.05, 0.1) is 0 Å². The summed E-state index contributed by atoms with van der Waals surface area (Å²) in [7, 11) is 0. The van der Waals surface area contributed by atoms with Gasteiger partial charge in [-0.3, -0.25) is 4.90 Å². The Labute approximate surface area is 118 Å². The van der Waals surface area contributed by atoms with Crippen molar-refractivity contribution >= 4 is 0 Å². The topological polar surface area (TPSA) is 15.3 Å². The van der Waals surface area contributed by atoms with Crippen molar-refractivity contribution in [2.75, 3.05) is 19.6 Å². The number of hydrogen-bond donors (Lipinski definition) is 1. The molecule has 0 aliphatic carbocycles. The summed E-state index contributed by atoms with van der Waals surface area (Å²) < 4.78 is 0. The van der Waals surface area contributed by atoms with Gasteiger partial charge in [0, 0.05) is 19.1 Å². The van der Waals surface area contributed by atoms with Gasteiger partial charge in [0.1, 0.15) is 0 Å². The quantitative estimate of drug-likeness (QED) is 0.845. The summed E-state index contributed by atoms with van der Waals surface area (Å²) in [6.07, 6.45) is 5.11. The zero-order valence-corrected chi connectivity index (χ0v) is 12.5. The molecule has 106 valence electrons. The van der Waals surface area contributed by atoms with Crippen LogP contribution in [0, 0.1) is 0 Å². The van der Waals surface area contributed by atoms with Gasteiger partial charge in [-0.2, -0.15) is 0 Å². The van der Waals surface area contributed by atoms with E-state index in [1.807, 2.05) is 0 Å². The van der Waals surface area contributed by atoms with Crippen LogP contribution in [0.3, 0.4) is 0 Å². The van der Waals surface area contributed by atoms with Crippen LogP contribution in [0.5, 0.6) is 0 Å². The van der Waals surface area contributed by atoms with Crippen molar-refractivity contribution in [3.63, 3.8) is 0 Å². The predicted molar refractivity (Wildman–Crippen MR) is 82.4 cm³/mol. The molecule has 0 fully saturated rings. The zero-order valence-electron chi connectivity index (χ0n) is 12.5. The second-order valence-electron chi connectivity index (χ2n) is 5.59. The van der Waals surface area contributed by atoms with Crippen LogP contribution in [0.4, 0.5) is 0 Å². The molecule has 1 aliphatic rings. The van der Waals surface area contributed by atoms with E-state index in [0.29, 0.717) is 6.04 Å². The molecule has 0 bridgehead atoms. The van der Waals surface area contributed by atoms with Crippen LogP contribution in [0.25, 0.3) is 0 Å². The number of nitrogens with one attached hydrogen (secondary N) is 1. The molecular formula is C17H28N2. The van der Waals surface area contributed by atoms with Crippen LogP contribution in [0.15, 0.2) is 24.3 Å². The summed E-state index contributed by atoms with van der Waals surface area (Å²) in [5.74, 6) is 0. The summed E-state index contributed by atoms with van der Waals surface area (Å²) in [5, 5.41) is 3.53. The standard InChI is InChI=1S/C17H28N2/c1-3-8-17(13-18-4-2)19-12-7-11-15-9-5-6-10-16(15)14-19/h5-6,9-10,17-18H,3-4,7-8,11-14H2,1-2H3. The Hall–Kier alpha value is -0.860. The lowest BCUT2D eigenvalue weighted by atomic mass is 10.0. The fourth-order valence-electron chi connectivity index (χ4n) is 3.10. The summed E-state index contributed by atoms with van der Waals surface area (Å²) in [6, 6.07) is 9.66. The molecule has 1 aromatic rings. The smallest absolute Gasteiger partial charge is 0.0239 e. The van der Waals surface area contributed by atoms with E-state index in [0.717, 1.165) is 19.6 Å². The molecule has 0 amide bonds. The number of nitrogens with zero attached hydrogens (tertiary/aromatic N) is 1. The Bertz CT molecular complexity index is 375. The molecule has 0 spiro atoms. The molecular weight excluding hydrogens is 232 g/mol. The van der Waals surface area contributed by atoms with Crippen LogP contribution in [-0.4, -0.2) is 30.6 Å². The Morgan fingerprint density at radius 3 is 2.74 bits per heavy atom. The van der Waals surface area contributed by atoms with E-state index in [2.05, 4.69) is 48.3 Å². The van der Waals surface area contributed by atoms with Crippen molar-refractivity contribution < 1.29 is 0 Å². The monoisotopic (exact) mass is 260 g/mol. The third kappa shape index (κ3) is 4.05. The lowest BCUT2D eigenvalue weighted by Crippen LogP contribution is -2.42. The molecule has 0 radical (unpaired) electrons. The average molecular weight is 260 g/mol. The van der Waals surface area contributed by atoms with Gasteiger partial charge in [-0.25, -0.2) is 0 Å². The molecule has 1 N–H and O–H groups in total. The van der Waals surface area contributed by atoms with Crippen molar-refractivity contribution in [1.82, 2.24) is 10.2 Å². The third-order valence-electron chi connectivity index (χ3n) is 4.15. The van der Waals surface area contributed by atoms with Gasteiger partial charge in [0.25, 0.3) is 0 Å². The maximum atomic E-state index is 3.53. The molecule has 1 atom stereocenters. The van der Waals surface area contributed by atoms with Crippen LogP contribution < -0.4 is 5.32 Å². The summed E-state index contributed by atoms with van der Waals surface area (Å²) in [4.78, 5) is 2.69. The van der Waals surface area contributed by atoms with Gasteiger partial charge < -0.3 is 5.32 Å². The number of aryl methyl sites for hydroxylation is 1. The number of fused-ring (bicyclic) bond motifs is 1. The van der Waals surface area contributed by atoms with E-state index in [1.54, 1.807) is 5.56 Å². The van der Waals surface area contributed by atoms with E-state index in [1.165, 1.54) is 37.8 Å². The third-order valence-corrected chi connectivity index (χ3v) is 4.15. The molecule has 0 saturated carbocycles. The predicted octanol–water partition coefficient (Wildman–Crippen LogP) is 3.21. The maximum Gasteiger partial charge on any atom is 0.0239 e. The van der Waals surface area contributed by atoms with E-state index < -0.39 is 0 Å². The molecule has 2 rings (SSSR count).